The third-order valence-electron chi connectivity index (χ3n) is 2.68. The molecule has 1 aromatic carbocycles. The lowest BCUT2D eigenvalue weighted by Crippen LogP contribution is -2.01. The van der Waals surface area contributed by atoms with Crippen molar-refractivity contribution in [1.29, 1.82) is 0 Å². The number of aromatic nitrogens is 1. The van der Waals surface area contributed by atoms with Crippen molar-refractivity contribution >= 4 is 5.69 Å². The molecule has 0 aliphatic rings. The van der Waals surface area contributed by atoms with Gasteiger partial charge in [-0.05, 0) is 30.7 Å². The van der Waals surface area contributed by atoms with Crippen LogP contribution in [-0.4, -0.2) is 18.7 Å². The van der Waals surface area contributed by atoms with E-state index in [2.05, 4.69) is 10.3 Å². The van der Waals surface area contributed by atoms with Gasteiger partial charge in [0, 0.05) is 30.7 Å². The Morgan fingerprint density at radius 3 is 2.79 bits per heavy atom. The third kappa shape index (κ3) is 3.61. The van der Waals surface area contributed by atoms with Crippen molar-refractivity contribution in [3.8, 4) is 11.5 Å². The predicted octanol–water partition coefficient (Wildman–Crippen LogP) is 3.10. The largest absolute Gasteiger partial charge is 0.493 e. The second-order valence-corrected chi connectivity index (χ2v) is 4.01. The van der Waals surface area contributed by atoms with Gasteiger partial charge >= 0.3 is 0 Å². The molecule has 0 spiro atoms. The fourth-order valence-corrected chi connectivity index (χ4v) is 1.76. The number of benzene rings is 1. The first-order valence-corrected chi connectivity index (χ1v) is 6.27. The summed E-state index contributed by atoms with van der Waals surface area (Å²) in [7, 11) is 1.64. The van der Waals surface area contributed by atoms with Gasteiger partial charge < -0.3 is 14.8 Å². The molecule has 0 aliphatic carbocycles. The van der Waals surface area contributed by atoms with Crippen molar-refractivity contribution in [3.05, 3.63) is 48.3 Å². The van der Waals surface area contributed by atoms with E-state index in [1.54, 1.807) is 13.3 Å². The number of nitrogens with one attached hydrogen (secondary N) is 1. The molecule has 1 heterocycles. The van der Waals surface area contributed by atoms with E-state index in [9.17, 15) is 0 Å². The van der Waals surface area contributed by atoms with Crippen LogP contribution in [0.2, 0.25) is 0 Å². The number of rotatable bonds is 6. The van der Waals surface area contributed by atoms with Crippen molar-refractivity contribution in [2.45, 2.75) is 13.5 Å². The summed E-state index contributed by atoms with van der Waals surface area (Å²) < 4.78 is 10.8. The van der Waals surface area contributed by atoms with E-state index < -0.39 is 0 Å². The monoisotopic (exact) mass is 258 g/mol. The zero-order valence-electron chi connectivity index (χ0n) is 11.2. The number of hydrogen-bond donors (Lipinski definition) is 1. The van der Waals surface area contributed by atoms with E-state index in [-0.39, 0.29) is 0 Å². The summed E-state index contributed by atoms with van der Waals surface area (Å²) in [4.78, 5) is 4.08. The second-order valence-electron chi connectivity index (χ2n) is 4.01. The van der Waals surface area contributed by atoms with Gasteiger partial charge in [0.25, 0.3) is 0 Å². The molecule has 0 unspecified atom stereocenters. The zero-order valence-corrected chi connectivity index (χ0v) is 11.2. The lowest BCUT2D eigenvalue weighted by Gasteiger charge is -2.12. The maximum Gasteiger partial charge on any atom is 0.162 e. The summed E-state index contributed by atoms with van der Waals surface area (Å²) in [5.41, 5.74) is 2.12. The van der Waals surface area contributed by atoms with Crippen LogP contribution < -0.4 is 14.8 Å². The van der Waals surface area contributed by atoms with Gasteiger partial charge in [-0.1, -0.05) is 6.07 Å². The normalized spacial score (nSPS) is 10.0. The van der Waals surface area contributed by atoms with Gasteiger partial charge in [-0.25, -0.2) is 0 Å². The van der Waals surface area contributed by atoms with Crippen LogP contribution in [0.5, 0.6) is 11.5 Å². The third-order valence-corrected chi connectivity index (χ3v) is 2.68. The Bertz CT molecular complexity index is 515. The number of nitrogens with zero attached hydrogens (tertiary/aromatic N) is 1. The van der Waals surface area contributed by atoms with E-state index in [0.717, 1.165) is 29.3 Å². The molecule has 100 valence electrons. The summed E-state index contributed by atoms with van der Waals surface area (Å²) >= 11 is 0. The first-order valence-electron chi connectivity index (χ1n) is 6.27. The second kappa shape index (κ2) is 6.64. The fourth-order valence-electron chi connectivity index (χ4n) is 1.76. The summed E-state index contributed by atoms with van der Waals surface area (Å²) in [6.45, 7) is 3.30. The van der Waals surface area contributed by atoms with Crippen LogP contribution in [-0.2, 0) is 6.54 Å². The van der Waals surface area contributed by atoms with Crippen LogP contribution in [0, 0.1) is 0 Å². The first kappa shape index (κ1) is 13.2. The van der Waals surface area contributed by atoms with Gasteiger partial charge in [-0.2, -0.15) is 0 Å². The molecule has 0 amide bonds. The molecule has 2 rings (SSSR count). The molecule has 1 aromatic heterocycles. The molecule has 0 atom stereocenters. The Kier molecular flexibility index (Phi) is 4.61. The molecule has 4 heteroatoms. The van der Waals surface area contributed by atoms with Gasteiger partial charge in [0.05, 0.1) is 13.7 Å². The standard InChI is InChI=1S/C15H18N2O2/c1-3-19-14-7-6-13(9-15(14)18-2)17-11-12-5-4-8-16-10-12/h4-10,17H,3,11H2,1-2H3. The van der Waals surface area contributed by atoms with E-state index >= 15 is 0 Å². The molecule has 0 fully saturated rings. The highest BCUT2D eigenvalue weighted by Crippen LogP contribution is 2.30. The van der Waals surface area contributed by atoms with Gasteiger partial charge in [0.2, 0.25) is 0 Å². The Morgan fingerprint density at radius 2 is 2.11 bits per heavy atom. The van der Waals surface area contributed by atoms with Crippen LogP contribution in [0.1, 0.15) is 12.5 Å². The van der Waals surface area contributed by atoms with Crippen LogP contribution in [0.15, 0.2) is 42.7 Å². The number of methoxy groups -OCH3 is 1. The van der Waals surface area contributed by atoms with Crippen molar-refractivity contribution in [1.82, 2.24) is 4.98 Å². The minimum atomic E-state index is 0.624. The molecule has 4 nitrogen and oxygen atoms in total. The van der Waals surface area contributed by atoms with Crippen LogP contribution >= 0.6 is 0 Å². The predicted molar refractivity (Wildman–Crippen MR) is 75.7 cm³/mol. The Morgan fingerprint density at radius 1 is 1.21 bits per heavy atom. The Hall–Kier alpha value is -2.23. The van der Waals surface area contributed by atoms with Gasteiger partial charge in [-0.15, -0.1) is 0 Å². The molecule has 0 radical (unpaired) electrons. The first-order chi connectivity index (χ1) is 9.33. The molecule has 0 saturated heterocycles. The number of ether oxygens (including phenoxy) is 2. The lowest BCUT2D eigenvalue weighted by atomic mass is 10.2. The van der Waals surface area contributed by atoms with E-state index in [0.29, 0.717) is 6.61 Å². The summed E-state index contributed by atoms with van der Waals surface area (Å²) in [6.07, 6.45) is 3.61. The van der Waals surface area contributed by atoms with Crippen molar-refractivity contribution in [2.24, 2.45) is 0 Å². The molecule has 0 saturated carbocycles. The van der Waals surface area contributed by atoms with Crippen molar-refractivity contribution < 1.29 is 9.47 Å². The van der Waals surface area contributed by atoms with Crippen molar-refractivity contribution in [3.63, 3.8) is 0 Å². The highest BCUT2D eigenvalue weighted by atomic mass is 16.5. The van der Waals surface area contributed by atoms with Gasteiger partial charge in [0.15, 0.2) is 11.5 Å². The highest BCUT2D eigenvalue weighted by molar-refractivity contribution is 5.54. The molecule has 0 aliphatic heterocycles. The quantitative estimate of drug-likeness (QED) is 0.864. The smallest absolute Gasteiger partial charge is 0.162 e. The number of hydrogen-bond acceptors (Lipinski definition) is 4. The average molecular weight is 258 g/mol. The van der Waals surface area contributed by atoms with Crippen LogP contribution in [0.4, 0.5) is 5.69 Å². The van der Waals surface area contributed by atoms with Gasteiger partial charge in [-0.3, -0.25) is 4.98 Å². The van der Waals surface area contributed by atoms with Crippen molar-refractivity contribution in [2.75, 3.05) is 19.0 Å². The Labute approximate surface area is 113 Å². The molecule has 0 bridgehead atoms. The molecule has 1 N–H and O–H groups in total. The molecule has 19 heavy (non-hydrogen) atoms. The van der Waals surface area contributed by atoms with Gasteiger partial charge in [0.1, 0.15) is 0 Å². The van der Waals surface area contributed by atoms with E-state index in [1.807, 2.05) is 43.5 Å². The molecule has 2 aromatic rings. The molecular weight excluding hydrogens is 240 g/mol. The lowest BCUT2D eigenvalue weighted by molar-refractivity contribution is 0.311. The minimum Gasteiger partial charge on any atom is -0.493 e. The minimum absolute atomic E-state index is 0.624. The summed E-state index contributed by atoms with van der Waals surface area (Å²) in [5, 5.41) is 3.33. The topological polar surface area (TPSA) is 43.4 Å². The highest BCUT2D eigenvalue weighted by Gasteiger charge is 2.04. The number of anilines is 1. The zero-order chi connectivity index (χ0) is 13.5. The summed E-state index contributed by atoms with van der Waals surface area (Å²) in [6, 6.07) is 9.78. The van der Waals surface area contributed by atoms with Crippen LogP contribution in [0.25, 0.3) is 0 Å². The number of pyridine rings is 1. The molecular formula is C15H18N2O2. The van der Waals surface area contributed by atoms with E-state index in [1.165, 1.54) is 0 Å². The van der Waals surface area contributed by atoms with E-state index in [4.69, 9.17) is 9.47 Å². The van der Waals surface area contributed by atoms with Crippen LogP contribution in [0.3, 0.4) is 0 Å². The maximum absolute atomic E-state index is 5.48. The average Bonchev–Trinajstić information content (AvgIpc) is 2.47. The fraction of sp³-hybridized carbons (Fsp3) is 0.267. The summed E-state index contributed by atoms with van der Waals surface area (Å²) in [5.74, 6) is 1.50. The Balaban J connectivity index is 2.05. The SMILES string of the molecule is CCOc1ccc(NCc2cccnc2)cc1OC. The maximum atomic E-state index is 5.48.